The maximum Gasteiger partial charge on any atom is 0.411 e. The van der Waals surface area contributed by atoms with Gasteiger partial charge in [-0.25, -0.2) is 14.5 Å². The zero-order valence-corrected chi connectivity index (χ0v) is 15.0. The summed E-state index contributed by atoms with van der Waals surface area (Å²) < 4.78 is 6.20. The Labute approximate surface area is 156 Å². The van der Waals surface area contributed by atoms with Gasteiger partial charge < -0.3 is 10.1 Å². The maximum absolute atomic E-state index is 12.7. The van der Waals surface area contributed by atoms with Gasteiger partial charge in [0.15, 0.2) is 5.82 Å². The van der Waals surface area contributed by atoms with Gasteiger partial charge in [-0.05, 0) is 42.8 Å². The minimum Gasteiger partial charge on any atom is -0.453 e. The molecular weight excluding hydrogens is 346 g/mol. The highest BCUT2D eigenvalue weighted by atomic mass is 16.5. The summed E-state index contributed by atoms with van der Waals surface area (Å²) in [5, 5.41) is 9.69. The average molecular weight is 365 g/mol. The second kappa shape index (κ2) is 8.13. The molecule has 0 aliphatic carbocycles. The molecule has 27 heavy (non-hydrogen) atoms. The van der Waals surface area contributed by atoms with Crippen molar-refractivity contribution in [3.05, 3.63) is 66.1 Å². The molecule has 3 aromatic rings. The number of aromatic nitrogens is 3. The molecular formula is C19H19N5O3. The van der Waals surface area contributed by atoms with Crippen molar-refractivity contribution in [2.75, 3.05) is 17.7 Å². The highest BCUT2D eigenvalue weighted by Crippen LogP contribution is 2.18. The molecule has 2 N–H and O–H groups in total. The number of nitrogens with zero attached hydrogens (tertiary/aromatic N) is 3. The molecule has 0 spiro atoms. The van der Waals surface area contributed by atoms with E-state index in [0.29, 0.717) is 29.2 Å². The zero-order chi connectivity index (χ0) is 19.2. The first-order valence-corrected chi connectivity index (χ1v) is 8.37. The number of anilines is 2. The van der Waals surface area contributed by atoms with Gasteiger partial charge in [0, 0.05) is 17.6 Å². The fourth-order valence-corrected chi connectivity index (χ4v) is 2.58. The summed E-state index contributed by atoms with van der Waals surface area (Å²) in [7, 11) is 1.29. The fraction of sp³-hybridized carbons (Fsp3) is 0.158. The van der Waals surface area contributed by atoms with E-state index in [1.165, 1.54) is 13.3 Å². The molecule has 1 aromatic carbocycles. The van der Waals surface area contributed by atoms with Gasteiger partial charge in [0.2, 0.25) is 0 Å². The van der Waals surface area contributed by atoms with E-state index in [1.807, 2.05) is 25.1 Å². The number of nitrogens with one attached hydrogen (secondary N) is 2. The third-order valence-corrected chi connectivity index (χ3v) is 3.89. The lowest BCUT2D eigenvalue weighted by Gasteiger charge is -2.09. The van der Waals surface area contributed by atoms with Gasteiger partial charge in [0.05, 0.1) is 24.6 Å². The number of benzene rings is 1. The summed E-state index contributed by atoms with van der Waals surface area (Å²) in [5.74, 6) is 0.398. The van der Waals surface area contributed by atoms with Crippen LogP contribution in [0.5, 0.6) is 0 Å². The molecule has 2 amide bonds. The molecule has 2 heterocycles. The second-order valence-electron chi connectivity index (χ2n) is 5.61. The van der Waals surface area contributed by atoms with Crippen LogP contribution in [-0.4, -0.2) is 33.9 Å². The Bertz CT molecular complexity index is 936. The molecule has 0 aliphatic heterocycles. The molecule has 0 bridgehead atoms. The van der Waals surface area contributed by atoms with Crippen molar-refractivity contribution in [1.29, 1.82) is 0 Å². The number of pyridine rings is 1. The Hall–Kier alpha value is -3.68. The Morgan fingerprint density at radius 2 is 1.78 bits per heavy atom. The molecule has 8 heteroatoms. The van der Waals surface area contributed by atoms with Crippen molar-refractivity contribution in [1.82, 2.24) is 14.8 Å². The van der Waals surface area contributed by atoms with Crippen LogP contribution in [0.3, 0.4) is 0 Å². The second-order valence-corrected chi connectivity index (χ2v) is 5.61. The Morgan fingerprint density at radius 1 is 1.07 bits per heavy atom. The van der Waals surface area contributed by atoms with E-state index in [9.17, 15) is 9.59 Å². The van der Waals surface area contributed by atoms with Crippen LogP contribution in [0.1, 0.15) is 23.0 Å². The number of hydrogen-bond acceptors (Lipinski definition) is 5. The monoisotopic (exact) mass is 365 g/mol. The third-order valence-electron chi connectivity index (χ3n) is 3.89. The number of methoxy groups -OCH3 is 1. The molecule has 0 radical (unpaired) electrons. The van der Waals surface area contributed by atoms with Gasteiger partial charge in [-0.2, -0.15) is 5.10 Å². The van der Waals surface area contributed by atoms with Crippen molar-refractivity contribution in [3.8, 4) is 5.82 Å². The van der Waals surface area contributed by atoms with Gasteiger partial charge in [-0.15, -0.1) is 0 Å². The van der Waals surface area contributed by atoms with Crippen LogP contribution in [-0.2, 0) is 11.2 Å². The van der Waals surface area contributed by atoms with Crippen LogP contribution in [0, 0.1) is 0 Å². The standard InChI is InChI=1S/C19H19N5O3/c1-3-16-15(12-21-24(16)17-6-4-5-11-20-17)18(25)22-13-7-9-14(10-8-13)23-19(26)27-2/h4-12H,3H2,1-2H3,(H,22,25)(H,23,26). The predicted molar refractivity (Wildman–Crippen MR) is 101 cm³/mol. The van der Waals surface area contributed by atoms with Crippen LogP contribution >= 0.6 is 0 Å². The van der Waals surface area contributed by atoms with Crippen molar-refractivity contribution < 1.29 is 14.3 Å². The summed E-state index contributed by atoms with van der Waals surface area (Å²) in [6.45, 7) is 1.96. The quantitative estimate of drug-likeness (QED) is 0.723. The van der Waals surface area contributed by atoms with E-state index in [0.717, 1.165) is 5.69 Å². The molecule has 8 nitrogen and oxygen atoms in total. The van der Waals surface area contributed by atoms with Crippen LogP contribution in [0.25, 0.3) is 5.82 Å². The van der Waals surface area contributed by atoms with Gasteiger partial charge in [-0.3, -0.25) is 10.1 Å². The fourth-order valence-electron chi connectivity index (χ4n) is 2.58. The molecule has 0 fully saturated rings. The minimum atomic E-state index is -0.554. The average Bonchev–Trinajstić information content (AvgIpc) is 3.14. The summed E-state index contributed by atoms with van der Waals surface area (Å²) in [4.78, 5) is 28.2. The first kappa shape index (κ1) is 18.1. The Kier molecular flexibility index (Phi) is 5.46. The van der Waals surface area contributed by atoms with Gasteiger partial charge in [-0.1, -0.05) is 13.0 Å². The lowest BCUT2D eigenvalue weighted by molar-refractivity contribution is 0.102. The Morgan fingerprint density at radius 3 is 2.37 bits per heavy atom. The topological polar surface area (TPSA) is 98.1 Å². The van der Waals surface area contributed by atoms with Crippen LogP contribution in [0.15, 0.2) is 54.9 Å². The largest absolute Gasteiger partial charge is 0.453 e. The first-order chi connectivity index (χ1) is 13.1. The first-order valence-electron chi connectivity index (χ1n) is 8.37. The van der Waals surface area contributed by atoms with Crippen molar-refractivity contribution in [3.63, 3.8) is 0 Å². The SMILES string of the molecule is CCc1c(C(=O)Nc2ccc(NC(=O)OC)cc2)cnn1-c1ccccn1. The van der Waals surface area contributed by atoms with Gasteiger partial charge >= 0.3 is 6.09 Å². The van der Waals surface area contributed by atoms with E-state index in [4.69, 9.17) is 0 Å². The zero-order valence-electron chi connectivity index (χ0n) is 15.0. The third kappa shape index (κ3) is 4.12. The molecule has 0 aliphatic rings. The smallest absolute Gasteiger partial charge is 0.411 e. The van der Waals surface area contributed by atoms with Crippen LogP contribution < -0.4 is 10.6 Å². The minimum absolute atomic E-state index is 0.261. The number of rotatable bonds is 5. The van der Waals surface area contributed by atoms with Crippen molar-refractivity contribution in [2.45, 2.75) is 13.3 Å². The van der Waals surface area contributed by atoms with Gasteiger partial charge in [0.25, 0.3) is 5.91 Å². The molecule has 3 rings (SSSR count). The number of carbonyl (C=O) groups is 2. The lowest BCUT2D eigenvalue weighted by atomic mass is 10.2. The van der Waals surface area contributed by atoms with E-state index in [1.54, 1.807) is 35.1 Å². The van der Waals surface area contributed by atoms with E-state index < -0.39 is 6.09 Å². The highest BCUT2D eigenvalue weighted by molar-refractivity contribution is 6.05. The summed E-state index contributed by atoms with van der Waals surface area (Å²) in [6, 6.07) is 12.3. The van der Waals surface area contributed by atoms with Crippen molar-refractivity contribution >= 4 is 23.4 Å². The molecule has 138 valence electrons. The molecule has 0 saturated heterocycles. The molecule has 0 unspecified atom stereocenters. The Balaban J connectivity index is 1.77. The summed E-state index contributed by atoms with van der Waals surface area (Å²) >= 11 is 0. The van der Waals surface area contributed by atoms with Gasteiger partial charge in [0.1, 0.15) is 0 Å². The van der Waals surface area contributed by atoms with Crippen LogP contribution in [0.4, 0.5) is 16.2 Å². The van der Waals surface area contributed by atoms with E-state index >= 15 is 0 Å². The lowest BCUT2D eigenvalue weighted by Crippen LogP contribution is -2.15. The highest BCUT2D eigenvalue weighted by Gasteiger charge is 2.17. The number of ether oxygens (including phenoxy) is 1. The van der Waals surface area contributed by atoms with E-state index in [2.05, 4.69) is 25.5 Å². The molecule has 0 atom stereocenters. The summed E-state index contributed by atoms with van der Waals surface area (Å²) in [6.07, 6.45) is 3.29. The van der Waals surface area contributed by atoms with E-state index in [-0.39, 0.29) is 5.91 Å². The summed E-state index contributed by atoms with van der Waals surface area (Å²) in [5.41, 5.74) is 2.43. The maximum atomic E-state index is 12.7. The van der Waals surface area contributed by atoms with Crippen molar-refractivity contribution in [2.24, 2.45) is 0 Å². The predicted octanol–water partition coefficient (Wildman–Crippen LogP) is 3.26. The number of hydrogen-bond donors (Lipinski definition) is 2. The van der Waals surface area contributed by atoms with Crippen LogP contribution in [0.2, 0.25) is 0 Å². The normalized spacial score (nSPS) is 10.3. The molecule has 0 saturated carbocycles. The molecule has 2 aromatic heterocycles. The number of carbonyl (C=O) groups excluding carboxylic acids is 2. The number of amides is 2.